The second-order valence-electron chi connectivity index (χ2n) is 6.35. The summed E-state index contributed by atoms with van der Waals surface area (Å²) < 4.78 is 14.3. The van der Waals surface area contributed by atoms with Crippen LogP contribution in [0.15, 0.2) is 47.5 Å². The lowest BCUT2D eigenvalue weighted by Crippen LogP contribution is -2.21. The normalized spacial score (nSPS) is 14.4. The largest absolute Gasteiger partial charge is 0.372 e. The van der Waals surface area contributed by atoms with E-state index >= 15 is 0 Å². The first-order valence-corrected chi connectivity index (χ1v) is 9.15. The Labute approximate surface area is 149 Å². The van der Waals surface area contributed by atoms with Crippen LogP contribution in [0.3, 0.4) is 0 Å². The molecule has 3 nitrogen and oxygen atoms in total. The maximum Gasteiger partial charge on any atom is 0.147 e. The molecule has 0 radical (unpaired) electrons. The zero-order valence-electron chi connectivity index (χ0n) is 15.1. The SMILES string of the molecule is CCN(CC)c1ccc(N=Cc2ccc(N3CCCC3)c(F)c2)cc1. The minimum absolute atomic E-state index is 0.164. The minimum Gasteiger partial charge on any atom is -0.372 e. The second kappa shape index (κ2) is 8.15. The van der Waals surface area contributed by atoms with E-state index < -0.39 is 0 Å². The fourth-order valence-corrected chi connectivity index (χ4v) is 3.31. The molecule has 1 aliphatic heterocycles. The van der Waals surface area contributed by atoms with E-state index in [4.69, 9.17) is 0 Å². The molecule has 0 N–H and O–H groups in total. The quantitative estimate of drug-likeness (QED) is 0.688. The topological polar surface area (TPSA) is 18.8 Å². The third kappa shape index (κ3) is 4.19. The number of aliphatic imine (C=N–C) groups is 1. The van der Waals surface area contributed by atoms with Crippen LogP contribution in [0, 0.1) is 5.82 Å². The monoisotopic (exact) mass is 339 g/mol. The van der Waals surface area contributed by atoms with E-state index in [1.54, 1.807) is 12.3 Å². The van der Waals surface area contributed by atoms with Gasteiger partial charge in [0, 0.05) is 38.1 Å². The summed E-state index contributed by atoms with van der Waals surface area (Å²) in [5, 5.41) is 0. The highest BCUT2D eigenvalue weighted by molar-refractivity contribution is 5.82. The van der Waals surface area contributed by atoms with Gasteiger partial charge < -0.3 is 9.80 Å². The summed E-state index contributed by atoms with van der Waals surface area (Å²) >= 11 is 0. The van der Waals surface area contributed by atoms with Gasteiger partial charge in [-0.2, -0.15) is 0 Å². The number of anilines is 2. The molecule has 0 aliphatic carbocycles. The van der Waals surface area contributed by atoms with Crippen LogP contribution < -0.4 is 9.80 Å². The number of hydrogen-bond acceptors (Lipinski definition) is 3. The van der Waals surface area contributed by atoms with Crippen molar-refractivity contribution in [2.24, 2.45) is 4.99 Å². The molecule has 2 aromatic rings. The van der Waals surface area contributed by atoms with Crippen molar-refractivity contribution in [3.63, 3.8) is 0 Å². The summed E-state index contributed by atoms with van der Waals surface area (Å²) in [5.74, 6) is -0.164. The van der Waals surface area contributed by atoms with Crippen LogP contribution in [-0.4, -0.2) is 32.4 Å². The standard InChI is InChI=1S/C21H26FN3/c1-3-24(4-2)19-10-8-18(9-11-19)23-16-17-7-12-21(20(22)15-17)25-13-5-6-14-25/h7-12,15-16H,3-6,13-14H2,1-2H3. The first-order valence-electron chi connectivity index (χ1n) is 9.15. The highest BCUT2D eigenvalue weighted by Crippen LogP contribution is 2.24. The van der Waals surface area contributed by atoms with Crippen molar-refractivity contribution in [3.05, 3.63) is 53.8 Å². The molecule has 0 bridgehead atoms. The Balaban J connectivity index is 1.70. The van der Waals surface area contributed by atoms with Crippen LogP contribution in [0.2, 0.25) is 0 Å². The number of rotatable bonds is 6. The molecule has 0 saturated carbocycles. The third-order valence-corrected chi connectivity index (χ3v) is 4.76. The molecule has 0 unspecified atom stereocenters. The van der Waals surface area contributed by atoms with Crippen LogP contribution in [0.4, 0.5) is 21.5 Å². The van der Waals surface area contributed by atoms with Gasteiger partial charge in [-0.15, -0.1) is 0 Å². The molecule has 25 heavy (non-hydrogen) atoms. The van der Waals surface area contributed by atoms with E-state index in [0.29, 0.717) is 5.69 Å². The number of nitrogens with zero attached hydrogens (tertiary/aromatic N) is 3. The molecular weight excluding hydrogens is 313 g/mol. The van der Waals surface area contributed by atoms with Gasteiger partial charge in [0.1, 0.15) is 5.82 Å². The summed E-state index contributed by atoms with van der Waals surface area (Å²) in [6.45, 7) is 8.17. The van der Waals surface area contributed by atoms with E-state index in [9.17, 15) is 4.39 Å². The molecule has 2 aromatic carbocycles. The molecule has 1 fully saturated rings. The van der Waals surface area contributed by atoms with E-state index in [1.807, 2.05) is 24.3 Å². The molecule has 3 rings (SSSR count). The molecule has 4 heteroatoms. The Hall–Kier alpha value is -2.36. The Morgan fingerprint density at radius 3 is 2.32 bits per heavy atom. The average molecular weight is 339 g/mol. The van der Waals surface area contributed by atoms with Gasteiger partial charge in [-0.1, -0.05) is 6.07 Å². The number of benzene rings is 2. The average Bonchev–Trinajstić information content (AvgIpc) is 3.16. The lowest BCUT2D eigenvalue weighted by Gasteiger charge is -2.20. The molecule has 1 saturated heterocycles. The van der Waals surface area contributed by atoms with Crippen molar-refractivity contribution in [3.8, 4) is 0 Å². The Morgan fingerprint density at radius 1 is 1.04 bits per heavy atom. The fourth-order valence-electron chi connectivity index (χ4n) is 3.31. The number of hydrogen-bond donors (Lipinski definition) is 0. The van der Waals surface area contributed by atoms with Crippen molar-refractivity contribution < 1.29 is 4.39 Å². The van der Waals surface area contributed by atoms with Gasteiger partial charge in [-0.25, -0.2) is 4.39 Å². The van der Waals surface area contributed by atoms with Gasteiger partial charge in [0.15, 0.2) is 0 Å². The number of halogens is 1. The van der Waals surface area contributed by atoms with Crippen LogP contribution >= 0.6 is 0 Å². The first kappa shape index (κ1) is 17.5. The van der Waals surface area contributed by atoms with E-state index in [0.717, 1.165) is 50.3 Å². The van der Waals surface area contributed by atoms with Crippen molar-refractivity contribution in [1.82, 2.24) is 0 Å². The zero-order valence-corrected chi connectivity index (χ0v) is 15.1. The van der Waals surface area contributed by atoms with E-state index in [1.165, 1.54) is 5.69 Å². The van der Waals surface area contributed by atoms with Gasteiger partial charge in [0.25, 0.3) is 0 Å². The Morgan fingerprint density at radius 2 is 1.72 bits per heavy atom. The Kier molecular flexibility index (Phi) is 5.69. The molecule has 0 aromatic heterocycles. The summed E-state index contributed by atoms with van der Waals surface area (Å²) in [6.07, 6.45) is 4.02. The van der Waals surface area contributed by atoms with Crippen molar-refractivity contribution in [2.75, 3.05) is 36.0 Å². The van der Waals surface area contributed by atoms with Crippen molar-refractivity contribution in [2.45, 2.75) is 26.7 Å². The predicted molar refractivity (Wildman–Crippen MR) is 105 cm³/mol. The molecule has 1 aliphatic rings. The fraction of sp³-hybridized carbons (Fsp3) is 0.381. The first-order chi connectivity index (χ1) is 12.2. The molecular formula is C21H26FN3. The summed E-state index contributed by atoms with van der Waals surface area (Å²) in [7, 11) is 0. The predicted octanol–water partition coefficient (Wildman–Crippen LogP) is 5.02. The van der Waals surface area contributed by atoms with Gasteiger partial charge in [-0.3, -0.25) is 4.99 Å². The van der Waals surface area contributed by atoms with Gasteiger partial charge in [0.2, 0.25) is 0 Å². The molecule has 0 spiro atoms. The van der Waals surface area contributed by atoms with Gasteiger partial charge in [0.05, 0.1) is 11.4 Å². The Bertz CT molecular complexity index is 714. The smallest absolute Gasteiger partial charge is 0.147 e. The minimum atomic E-state index is -0.164. The van der Waals surface area contributed by atoms with Gasteiger partial charge >= 0.3 is 0 Å². The maximum absolute atomic E-state index is 14.3. The van der Waals surface area contributed by atoms with Crippen LogP contribution in [0.1, 0.15) is 32.3 Å². The van der Waals surface area contributed by atoms with Crippen molar-refractivity contribution >= 4 is 23.3 Å². The highest BCUT2D eigenvalue weighted by atomic mass is 19.1. The van der Waals surface area contributed by atoms with Crippen LogP contribution in [-0.2, 0) is 0 Å². The van der Waals surface area contributed by atoms with E-state index in [2.05, 4.69) is 40.8 Å². The molecule has 0 atom stereocenters. The zero-order chi connectivity index (χ0) is 17.6. The lowest BCUT2D eigenvalue weighted by molar-refractivity contribution is 0.623. The third-order valence-electron chi connectivity index (χ3n) is 4.76. The summed E-state index contributed by atoms with van der Waals surface area (Å²) in [4.78, 5) is 8.88. The molecule has 132 valence electrons. The highest BCUT2D eigenvalue weighted by Gasteiger charge is 2.15. The van der Waals surface area contributed by atoms with Gasteiger partial charge in [-0.05, 0) is 68.7 Å². The maximum atomic E-state index is 14.3. The van der Waals surface area contributed by atoms with E-state index in [-0.39, 0.29) is 5.82 Å². The second-order valence-corrected chi connectivity index (χ2v) is 6.35. The lowest BCUT2D eigenvalue weighted by atomic mass is 10.2. The molecule has 1 heterocycles. The van der Waals surface area contributed by atoms with Crippen LogP contribution in [0.5, 0.6) is 0 Å². The summed E-state index contributed by atoms with van der Waals surface area (Å²) in [6, 6.07) is 13.5. The summed E-state index contributed by atoms with van der Waals surface area (Å²) in [5.41, 5.74) is 3.57. The molecule has 0 amide bonds. The van der Waals surface area contributed by atoms with Crippen molar-refractivity contribution in [1.29, 1.82) is 0 Å². The van der Waals surface area contributed by atoms with Crippen LogP contribution in [0.25, 0.3) is 0 Å².